The second-order valence-electron chi connectivity index (χ2n) is 5.52. The van der Waals surface area contributed by atoms with Gasteiger partial charge in [0, 0.05) is 11.1 Å². The highest BCUT2D eigenvalue weighted by molar-refractivity contribution is 9.09. The zero-order chi connectivity index (χ0) is 14.4. The number of halogens is 1. The van der Waals surface area contributed by atoms with Crippen molar-refractivity contribution in [3.05, 3.63) is 11.3 Å². The number of thioether (sulfide) groups is 1. The second-order valence-corrected chi connectivity index (χ2v) is 7.19. The molecule has 0 bridgehead atoms. The van der Waals surface area contributed by atoms with Crippen molar-refractivity contribution in [1.82, 2.24) is 4.90 Å². The van der Waals surface area contributed by atoms with Crippen molar-refractivity contribution in [3.63, 3.8) is 0 Å². The Morgan fingerprint density at radius 3 is 2.74 bits per heavy atom. The Balaban J connectivity index is 2.30. The minimum Gasteiger partial charge on any atom is -0.455 e. The Hall–Kier alpha value is -0.530. The Morgan fingerprint density at radius 2 is 2.21 bits per heavy atom. The quantitative estimate of drug-likeness (QED) is 0.461. The third-order valence-electron chi connectivity index (χ3n) is 2.84. The van der Waals surface area contributed by atoms with Gasteiger partial charge in [-0.05, 0) is 26.3 Å². The van der Waals surface area contributed by atoms with Gasteiger partial charge < -0.3 is 10.5 Å². The van der Waals surface area contributed by atoms with Gasteiger partial charge >= 0.3 is 5.97 Å². The smallest absolute Gasteiger partial charge is 0.355 e. The van der Waals surface area contributed by atoms with E-state index in [0.29, 0.717) is 16.8 Å². The van der Waals surface area contributed by atoms with E-state index in [1.54, 1.807) is 32.5 Å². The number of hydrogen-bond acceptors (Lipinski definition) is 5. The van der Waals surface area contributed by atoms with Gasteiger partial charge in [0.05, 0.1) is 0 Å². The van der Waals surface area contributed by atoms with E-state index in [1.165, 1.54) is 4.90 Å². The highest BCUT2D eigenvalue weighted by Gasteiger charge is 2.52. The second kappa shape index (κ2) is 5.10. The topological polar surface area (TPSA) is 72.6 Å². The lowest BCUT2D eigenvalue weighted by Gasteiger charge is -2.48. The maximum atomic E-state index is 12.3. The van der Waals surface area contributed by atoms with Crippen LogP contribution in [0.25, 0.3) is 0 Å². The summed E-state index contributed by atoms with van der Waals surface area (Å²) in [6.07, 6.45) is 0. The molecule has 0 unspecified atom stereocenters. The lowest BCUT2D eigenvalue weighted by atomic mass is 10.0. The van der Waals surface area contributed by atoms with E-state index in [0.717, 1.165) is 5.57 Å². The number of carbonyl (C=O) groups is 2. The molecule has 0 aromatic carbocycles. The number of carbonyl (C=O) groups excluding carboxylic acids is 2. The molecule has 19 heavy (non-hydrogen) atoms. The van der Waals surface area contributed by atoms with Crippen LogP contribution in [0.4, 0.5) is 0 Å². The summed E-state index contributed by atoms with van der Waals surface area (Å²) in [5, 5.41) is 0.401. The highest BCUT2D eigenvalue weighted by atomic mass is 79.9. The first kappa shape index (κ1) is 14.9. The van der Waals surface area contributed by atoms with Crippen LogP contribution >= 0.6 is 27.7 Å². The van der Waals surface area contributed by atoms with Crippen molar-refractivity contribution < 1.29 is 14.3 Å². The fourth-order valence-corrected chi connectivity index (χ4v) is 4.02. The molecule has 2 aliphatic rings. The zero-order valence-corrected chi connectivity index (χ0v) is 13.5. The number of ether oxygens (including phenoxy) is 1. The zero-order valence-electron chi connectivity index (χ0n) is 11.1. The molecule has 0 aromatic heterocycles. The molecule has 0 saturated carbocycles. The van der Waals surface area contributed by atoms with Crippen molar-refractivity contribution >= 4 is 39.6 Å². The van der Waals surface area contributed by atoms with Crippen molar-refractivity contribution in [3.8, 4) is 0 Å². The van der Waals surface area contributed by atoms with Gasteiger partial charge in [0.2, 0.25) is 5.91 Å². The number of nitrogens with zero attached hydrogens (tertiary/aromatic N) is 1. The van der Waals surface area contributed by atoms with E-state index in [-0.39, 0.29) is 11.3 Å². The fourth-order valence-electron chi connectivity index (χ4n) is 2.00. The molecular weight excluding hydrogens is 332 g/mol. The average Bonchev–Trinajstić information content (AvgIpc) is 2.33. The van der Waals surface area contributed by atoms with Gasteiger partial charge in [-0.15, -0.1) is 11.8 Å². The van der Waals surface area contributed by atoms with Gasteiger partial charge in [0.15, 0.2) is 0 Å². The van der Waals surface area contributed by atoms with E-state index in [1.807, 2.05) is 0 Å². The number of alkyl halides is 1. The summed E-state index contributed by atoms with van der Waals surface area (Å²) >= 11 is 4.94. The van der Waals surface area contributed by atoms with E-state index in [4.69, 9.17) is 10.5 Å². The number of amides is 1. The van der Waals surface area contributed by atoms with Crippen LogP contribution < -0.4 is 5.73 Å². The summed E-state index contributed by atoms with van der Waals surface area (Å²) in [5.41, 5.74) is 6.40. The molecule has 7 heteroatoms. The molecule has 0 aromatic rings. The third kappa shape index (κ3) is 2.68. The molecule has 5 nitrogen and oxygen atoms in total. The minimum atomic E-state index is -0.586. The molecule has 2 N–H and O–H groups in total. The number of fused-ring (bicyclic) bond motifs is 1. The highest BCUT2D eigenvalue weighted by Crippen LogP contribution is 2.40. The molecule has 2 atom stereocenters. The van der Waals surface area contributed by atoms with Crippen LogP contribution in [0.1, 0.15) is 20.8 Å². The number of rotatable bonds is 2. The molecular formula is C12H17BrN2O3S. The maximum Gasteiger partial charge on any atom is 0.355 e. The summed E-state index contributed by atoms with van der Waals surface area (Å²) in [4.78, 5) is 25.6. The van der Waals surface area contributed by atoms with Crippen molar-refractivity contribution in [1.29, 1.82) is 0 Å². The van der Waals surface area contributed by atoms with Crippen molar-refractivity contribution in [2.45, 2.75) is 37.8 Å². The SMILES string of the molecule is CC(C)(C)OC(=O)C1=C(CBr)CS[C@H]2[C@H](N)C(=O)N12. The van der Waals surface area contributed by atoms with E-state index >= 15 is 0 Å². The lowest BCUT2D eigenvalue weighted by Crippen LogP contribution is -2.68. The Kier molecular flexibility index (Phi) is 3.99. The molecule has 1 fully saturated rings. The molecule has 2 rings (SSSR count). The van der Waals surface area contributed by atoms with Gasteiger partial charge in [-0.2, -0.15) is 0 Å². The van der Waals surface area contributed by atoms with E-state index < -0.39 is 17.6 Å². The Labute approximate surface area is 125 Å². The largest absolute Gasteiger partial charge is 0.455 e. The predicted octanol–water partition coefficient (Wildman–Crippen LogP) is 1.22. The standard InChI is InChI=1S/C12H17BrN2O3S/c1-12(2,3)18-11(17)8-6(4-13)5-19-10-7(14)9(16)15(8)10/h7,10H,4-5,14H2,1-3H3/t7-,10+/m1/s1. The third-order valence-corrected chi connectivity index (χ3v) is 4.88. The lowest BCUT2D eigenvalue weighted by molar-refractivity contribution is -0.157. The number of hydrogen-bond donors (Lipinski definition) is 1. The first-order valence-electron chi connectivity index (χ1n) is 5.98. The molecule has 106 valence electrons. The predicted molar refractivity (Wildman–Crippen MR) is 77.7 cm³/mol. The monoisotopic (exact) mass is 348 g/mol. The number of esters is 1. The summed E-state index contributed by atoms with van der Waals surface area (Å²) in [5.74, 6) is 0.0196. The van der Waals surface area contributed by atoms with Crippen LogP contribution in [-0.2, 0) is 14.3 Å². The first-order chi connectivity index (χ1) is 8.76. The fraction of sp³-hybridized carbons (Fsp3) is 0.667. The Morgan fingerprint density at radius 1 is 1.58 bits per heavy atom. The summed E-state index contributed by atoms with van der Waals surface area (Å²) in [6, 6.07) is -0.515. The van der Waals surface area contributed by atoms with Gasteiger partial charge in [-0.3, -0.25) is 9.69 Å². The van der Waals surface area contributed by atoms with Crippen LogP contribution in [0, 0.1) is 0 Å². The van der Waals surface area contributed by atoms with Crippen LogP contribution in [0.15, 0.2) is 11.3 Å². The molecule has 2 heterocycles. The van der Waals surface area contributed by atoms with E-state index in [9.17, 15) is 9.59 Å². The number of β-lactam (4-membered cyclic amide) rings is 1. The summed E-state index contributed by atoms with van der Waals surface area (Å²) < 4.78 is 5.38. The van der Waals surface area contributed by atoms with Crippen LogP contribution in [0.3, 0.4) is 0 Å². The molecule has 2 aliphatic heterocycles. The average molecular weight is 349 g/mol. The van der Waals surface area contributed by atoms with E-state index in [2.05, 4.69) is 15.9 Å². The number of nitrogens with two attached hydrogens (primary N) is 1. The minimum absolute atomic E-state index is 0.141. The molecule has 1 amide bonds. The van der Waals surface area contributed by atoms with Crippen molar-refractivity contribution in [2.24, 2.45) is 5.73 Å². The van der Waals surface area contributed by atoms with Crippen LogP contribution in [-0.4, -0.2) is 44.9 Å². The Bertz CT molecular complexity index is 458. The van der Waals surface area contributed by atoms with Gasteiger partial charge in [-0.25, -0.2) is 4.79 Å². The molecule has 0 spiro atoms. The van der Waals surface area contributed by atoms with Crippen LogP contribution in [0.2, 0.25) is 0 Å². The molecule has 1 saturated heterocycles. The first-order valence-corrected chi connectivity index (χ1v) is 8.15. The normalized spacial score (nSPS) is 27.0. The van der Waals surface area contributed by atoms with Gasteiger partial charge in [0.1, 0.15) is 22.7 Å². The molecule has 0 aliphatic carbocycles. The van der Waals surface area contributed by atoms with Crippen molar-refractivity contribution in [2.75, 3.05) is 11.1 Å². The summed E-state index contributed by atoms with van der Waals surface area (Å²) in [6.45, 7) is 5.41. The maximum absolute atomic E-state index is 12.3. The van der Waals surface area contributed by atoms with Gasteiger partial charge in [0.25, 0.3) is 0 Å². The summed E-state index contributed by atoms with van der Waals surface area (Å²) in [7, 11) is 0. The molecule has 0 radical (unpaired) electrons. The van der Waals surface area contributed by atoms with Crippen LogP contribution in [0.5, 0.6) is 0 Å². The van der Waals surface area contributed by atoms with Gasteiger partial charge in [-0.1, -0.05) is 15.9 Å².